The van der Waals surface area contributed by atoms with Gasteiger partial charge in [-0.2, -0.15) is 5.10 Å². The van der Waals surface area contributed by atoms with E-state index in [4.69, 9.17) is 0 Å². The molecule has 2 aliphatic carbocycles. The van der Waals surface area contributed by atoms with E-state index >= 15 is 0 Å². The molecule has 0 unspecified atom stereocenters. The second-order valence-corrected chi connectivity index (χ2v) is 7.79. The van der Waals surface area contributed by atoms with Crippen LogP contribution in [0.1, 0.15) is 43.0 Å². The van der Waals surface area contributed by atoms with E-state index < -0.39 is 0 Å². The Kier molecular flexibility index (Phi) is 3.71. The summed E-state index contributed by atoms with van der Waals surface area (Å²) < 4.78 is 0. The molecule has 1 aromatic carbocycles. The van der Waals surface area contributed by atoms with E-state index in [-0.39, 0.29) is 11.3 Å². The molecule has 3 aromatic rings. The molecule has 27 heavy (non-hydrogen) atoms. The normalized spacial score (nSPS) is 27.1. The zero-order chi connectivity index (χ0) is 18.4. The highest BCUT2D eigenvalue weighted by Gasteiger charge is 2.53. The number of hydrogen-bond acceptors (Lipinski definition) is 4. The lowest BCUT2D eigenvalue weighted by Gasteiger charge is -2.49. The van der Waals surface area contributed by atoms with Crippen LogP contribution in [-0.4, -0.2) is 25.9 Å². The smallest absolute Gasteiger partial charge is 0.136 e. The first-order valence-corrected chi connectivity index (χ1v) is 9.63. The number of nitrogens with one attached hydrogen (secondary N) is 1. The molecule has 1 saturated carbocycles. The number of ketones is 1. The van der Waals surface area contributed by atoms with Crippen LogP contribution in [0.3, 0.4) is 0 Å². The molecule has 5 rings (SSSR count). The summed E-state index contributed by atoms with van der Waals surface area (Å²) in [6, 6.07) is 10.7. The number of Topliss-reactive ketones (excluding diaryl/α,β-unsaturated/α-hetero) is 1. The molecule has 0 aliphatic heterocycles. The van der Waals surface area contributed by atoms with Crippen molar-refractivity contribution in [3.63, 3.8) is 0 Å². The van der Waals surface area contributed by atoms with E-state index in [1.165, 1.54) is 16.8 Å². The van der Waals surface area contributed by atoms with E-state index in [1.54, 1.807) is 6.33 Å². The number of rotatable bonds is 2. The quantitative estimate of drug-likeness (QED) is 0.758. The van der Waals surface area contributed by atoms with Crippen molar-refractivity contribution in [3.8, 4) is 11.3 Å². The average Bonchev–Trinajstić information content (AvgIpc) is 3.17. The van der Waals surface area contributed by atoms with Crippen molar-refractivity contribution in [3.05, 3.63) is 65.9 Å². The SMILES string of the molecule is C[C@@H]1C(=O)CC[C@]2(c3ccccc3)c3[nH]nc(-c4cncnc4)c3CC[C@@H]12. The molecular weight excluding hydrogens is 336 g/mol. The number of carbonyl (C=O) groups is 1. The molecule has 1 fully saturated rings. The third kappa shape index (κ3) is 2.30. The molecule has 0 amide bonds. The highest BCUT2D eigenvalue weighted by Crippen LogP contribution is 2.55. The predicted octanol–water partition coefficient (Wildman–Crippen LogP) is 3.71. The lowest BCUT2D eigenvalue weighted by atomic mass is 9.53. The maximum Gasteiger partial charge on any atom is 0.136 e. The van der Waals surface area contributed by atoms with Crippen molar-refractivity contribution >= 4 is 5.78 Å². The summed E-state index contributed by atoms with van der Waals surface area (Å²) in [5.74, 6) is 0.763. The lowest BCUT2D eigenvalue weighted by Crippen LogP contribution is -2.49. The van der Waals surface area contributed by atoms with Gasteiger partial charge in [-0.05, 0) is 30.7 Å². The summed E-state index contributed by atoms with van der Waals surface area (Å²) in [5, 5.41) is 8.07. The summed E-state index contributed by atoms with van der Waals surface area (Å²) in [4.78, 5) is 20.8. The van der Waals surface area contributed by atoms with Crippen molar-refractivity contribution in [1.82, 2.24) is 20.2 Å². The van der Waals surface area contributed by atoms with Gasteiger partial charge in [0.2, 0.25) is 0 Å². The number of benzene rings is 1. The van der Waals surface area contributed by atoms with Gasteiger partial charge in [0.25, 0.3) is 0 Å². The number of aromatic nitrogens is 4. The maximum atomic E-state index is 12.5. The molecule has 2 heterocycles. The minimum atomic E-state index is -0.178. The van der Waals surface area contributed by atoms with Crippen molar-refractivity contribution in [2.24, 2.45) is 11.8 Å². The summed E-state index contributed by atoms with van der Waals surface area (Å²) in [5.41, 5.74) is 5.44. The molecule has 5 heteroatoms. The fourth-order valence-electron chi connectivity index (χ4n) is 5.37. The molecule has 0 spiro atoms. The Morgan fingerprint density at radius 1 is 1.11 bits per heavy atom. The monoisotopic (exact) mass is 358 g/mol. The van der Waals surface area contributed by atoms with Gasteiger partial charge in [0.15, 0.2) is 0 Å². The molecule has 0 radical (unpaired) electrons. The summed E-state index contributed by atoms with van der Waals surface area (Å²) >= 11 is 0. The van der Waals surface area contributed by atoms with Crippen LogP contribution in [0, 0.1) is 11.8 Å². The van der Waals surface area contributed by atoms with E-state index in [1.807, 2.05) is 12.4 Å². The van der Waals surface area contributed by atoms with Crippen LogP contribution in [0.15, 0.2) is 49.1 Å². The molecule has 5 nitrogen and oxygen atoms in total. The first-order chi connectivity index (χ1) is 13.2. The molecule has 3 atom stereocenters. The largest absolute Gasteiger partial charge is 0.299 e. The topological polar surface area (TPSA) is 71.5 Å². The summed E-state index contributed by atoms with van der Waals surface area (Å²) in [6.45, 7) is 2.11. The molecule has 136 valence electrons. The highest BCUT2D eigenvalue weighted by molar-refractivity contribution is 5.83. The Bertz CT molecular complexity index is 982. The van der Waals surface area contributed by atoms with Gasteiger partial charge >= 0.3 is 0 Å². The minimum Gasteiger partial charge on any atom is -0.299 e. The van der Waals surface area contributed by atoms with Gasteiger partial charge in [0.1, 0.15) is 12.1 Å². The Labute approximate surface area is 158 Å². The number of aromatic amines is 1. The molecule has 1 N–H and O–H groups in total. The number of H-pyrrole nitrogens is 1. The molecule has 2 aliphatic rings. The van der Waals surface area contributed by atoms with Gasteiger partial charge in [0.05, 0.1) is 5.69 Å². The Hall–Kier alpha value is -2.82. The van der Waals surface area contributed by atoms with Gasteiger partial charge in [-0.25, -0.2) is 9.97 Å². The average molecular weight is 358 g/mol. The van der Waals surface area contributed by atoms with Gasteiger partial charge in [-0.15, -0.1) is 0 Å². The Balaban J connectivity index is 1.73. The van der Waals surface area contributed by atoms with Crippen LogP contribution in [-0.2, 0) is 16.6 Å². The summed E-state index contributed by atoms with van der Waals surface area (Å²) in [7, 11) is 0. The van der Waals surface area contributed by atoms with Gasteiger partial charge in [-0.1, -0.05) is 37.3 Å². The molecule has 2 aromatic heterocycles. The van der Waals surface area contributed by atoms with E-state index in [2.05, 4.69) is 57.4 Å². The Morgan fingerprint density at radius 2 is 1.89 bits per heavy atom. The highest BCUT2D eigenvalue weighted by atomic mass is 16.1. The first-order valence-electron chi connectivity index (χ1n) is 9.63. The second kappa shape index (κ2) is 6.12. The van der Waals surface area contributed by atoms with E-state index in [0.29, 0.717) is 18.1 Å². The lowest BCUT2D eigenvalue weighted by molar-refractivity contribution is -0.128. The third-order valence-corrected chi connectivity index (χ3v) is 6.65. The number of fused-ring (bicyclic) bond motifs is 3. The standard InChI is InChI=1S/C22H22N4O/c1-14-18-8-7-17-20(15-11-23-13-24-12-15)25-26-21(17)22(18,10-9-19(14)27)16-5-3-2-4-6-16/h2-6,11-14,18H,7-10H2,1H3,(H,25,26)/t14-,18-,22+/m0/s1. The Morgan fingerprint density at radius 3 is 2.67 bits per heavy atom. The predicted molar refractivity (Wildman–Crippen MR) is 102 cm³/mol. The van der Waals surface area contributed by atoms with Crippen LogP contribution in [0.25, 0.3) is 11.3 Å². The van der Waals surface area contributed by atoms with Crippen molar-refractivity contribution in [2.75, 3.05) is 0 Å². The summed E-state index contributed by atoms with van der Waals surface area (Å²) in [6.07, 6.45) is 8.55. The number of carbonyl (C=O) groups excluding carboxylic acids is 1. The van der Waals surface area contributed by atoms with Crippen LogP contribution < -0.4 is 0 Å². The molecular formula is C22H22N4O. The van der Waals surface area contributed by atoms with Gasteiger partial charge in [0, 0.05) is 47.0 Å². The van der Waals surface area contributed by atoms with Crippen molar-refractivity contribution in [2.45, 2.75) is 38.0 Å². The maximum absolute atomic E-state index is 12.5. The van der Waals surface area contributed by atoms with E-state index in [0.717, 1.165) is 30.5 Å². The zero-order valence-electron chi connectivity index (χ0n) is 15.4. The fourth-order valence-corrected chi connectivity index (χ4v) is 5.37. The minimum absolute atomic E-state index is 0.0684. The van der Waals surface area contributed by atoms with Crippen molar-refractivity contribution in [1.29, 1.82) is 0 Å². The molecule has 0 saturated heterocycles. The second-order valence-electron chi connectivity index (χ2n) is 7.79. The van der Waals surface area contributed by atoms with Gasteiger partial charge < -0.3 is 0 Å². The number of hydrogen-bond donors (Lipinski definition) is 1. The molecule has 0 bridgehead atoms. The van der Waals surface area contributed by atoms with Crippen LogP contribution in [0.5, 0.6) is 0 Å². The fraction of sp³-hybridized carbons (Fsp3) is 0.364. The number of nitrogens with zero attached hydrogens (tertiary/aromatic N) is 3. The van der Waals surface area contributed by atoms with E-state index in [9.17, 15) is 4.79 Å². The van der Waals surface area contributed by atoms with Crippen LogP contribution >= 0.6 is 0 Å². The van der Waals surface area contributed by atoms with Crippen LogP contribution in [0.4, 0.5) is 0 Å². The van der Waals surface area contributed by atoms with Crippen molar-refractivity contribution < 1.29 is 4.79 Å². The van der Waals surface area contributed by atoms with Gasteiger partial charge in [-0.3, -0.25) is 9.89 Å². The third-order valence-electron chi connectivity index (χ3n) is 6.65. The van der Waals surface area contributed by atoms with Crippen LogP contribution in [0.2, 0.25) is 0 Å². The zero-order valence-corrected chi connectivity index (χ0v) is 15.4. The first kappa shape index (κ1) is 16.4.